The maximum atomic E-state index is 13.9. The summed E-state index contributed by atoms with van der Waals surface area (Å²) in [5.74, 6) is -3.43. The molecule has 1 aliphatic heterocycles. The van der Waals surface area contributed by atoms with E-state index in [0.717, 1.165) is 32.1 Å². The van der Waals surface area contributed by atoms with E-state index in [0.29, 0.717) is 19.5 Å². The van der Waals surface area contributed by atoms with Crippen molar-refractivity contribution < 1.29 is 53.3 Å². The van der Waals surface area contributed by atoms with Gasteiger partial charge < -0.3 is 43.7 Å². The molecule has 12 nitrogen and oxygen atoms in total. The normalized spacial score (nSPS) is 52.4. The summed E-state index contributed by atoms with van der Waals surface area (Å²) in [6.07, 6.45) is -0.742. The molecule has 6 aliphatic carbocycles. The average molecular weight is 652 g/mol. The summed E-state index contributed by atoms with van der Waals surface area (Å²) in [6.45, 7) is 4.79. The highest BCUT2D eigenvalue weighted by Gasteiger charge is 2.92. The number of aliphatic hydroxyl groups excluding tert-OH is 2. The van der Waals surface area contributed by atoms with Crippen molar-refractivity contribution in [1.29, 1.82) is 0 Å². The average Bonchev–Trinajstić information content (AvgIpc) is 3.41. The lowest BCUT2D eigenvalue weighted by Crippen LogP contribution is -2.81. The van der Waals surface area contributed by atoms with E-state index in [1.54, 1.807) is 21.3 Å². The predicted octanol–water partition coefficient (Wildman–Crippen LogP) is 0.915. The molecule has 1 heterocycles. The molecule has 46 heavy (non-hydrogen) atoms. The maximum absolute atomic E-state index is 13.9. The van der Waals surface area contributed by atoms with Crippen LogP contribution in [0, 0.1) is 40.4 Å². The standard InChI is InChI=1S/C34H53NO11/c1-7-35-15-31(16-41-3)20(37)13-21(42-4)33-19-14-32(40)28(45-30(39)18-11-9-8-10-12-18)22(19)34(46-17(2)36,27(38)29(32)44-6)23(26(33)35)24(43-5)25(31)33/h18-29,37-38,40H,7-16H2,1-6H3/t19?,20-,21+,22-,23?,24?,25?,26?,27?,28-,29+,31?,32-,33?,34-/m1/s1. The number of carbonyl (C=O) groups is 2. The number of ether oxygens (including phenoxy) is 6. The fourth-order valence-corrected chi connectivity index (χ4v) is 13.1. The molecular formula is C34H53NO11. The van der Waals surface area contributed by atoms with Gasteiger partial charge in [-0.1, -0.05) is 26.2 Å². The van der Waals surface area contributed by atoms with Crippen LogP contribution in [0.3, 0.4) is 0 Å². The summed E-state index contributed by atoms with van der Waals surface area (Å²) in [5, 5.41) is 37.4. The molecule has 0 aromatic carbocycles. The lowest BCUT2D eigenvalue weighted by atomic mass is 9.42. The third-order valence-corrected chi connectivity index (χ3v) is 14.1. The Hall–Kier alpha value is -1.38. The predicted molar refractivity (Wildman–Crippen MR) is 161 cm³/mol. The highest BCUT2D eigenvalue weighted by atomic mass is 16.6. The van der Waals surface area contributed by atoms with Crippen LogP contribution in [0.15, 0.2) is 0 Å². The van der Waals surface area contributed by atoms with Crippen LogP contribution < -0.4 is 0 Å². The number of esters is 2. The van der Waals surface area contributed by atoms with Gasteiger partial charge in [0.05, 0.1) is 30.8 Å². The molecule has 0 amide bonds. The molecular weight excluding hydrogens is 598 g/mol. The smallest absolute Gasteiger partial charge is 0.309 e. The molecule has 1 saturated heterocycles. The molecule has 7 rings (SSSR count). The minimum atomic E-state index is -1.76. The molecule has 0 aromatic heterocycles. The maximum Gasteiger partial charge on any atom is 0.309 e. The van der Waals surface area contributed by atoms with E-state index in [2.05, 4.69) is 11.8 Å². The van der Waals surface area contributed by atoms with Crippen LogP contribution in [-0.2, 0) is 38.0 Å². The molecule has 1 spiro atoms. The van der Waals surface area contributed by atoms with Crippen LogP contribution in [-0.4, -0.2) is 134 Å². The number of fused-ring (bicyclic) bond motifs is 2. The van der Waals surface area contributed by atoms with Gasteiger partial charge in [0.15, 0.2) is 5.60 Å². The fraction of sp³-hybridized carbons (Fsp3) is 0.941. The van der Waals surface area contributed by atoms with Crippen LogP contribution in [0.4, 0.5) is 0 Å². The Bertz CT molecular complexity index is 1210. The topological polar surface area (TPSA) is 153 Å². The Morgan fingerprint density at radius 2 is 1.67 bits per heavy atom. The molecule has 260 valence electrons. The van der Waals surface area contributed by atoms with Gasteiger partial charge in [-0.05, 0) is 31.7 Å². The number of likely N-dealkylation sites (tertiary alicyclic amines) is 1. The van der Waals surface area contributed by atoms with Crippen molar-refractivity contribution in [3.8, 4) is 0 Å². The van der Waals surface area contributed by atoms with E-state index in [1.165, 1.54) is 14.0 Å². The summed E-state index contributed by atoms with van der Waals surface area (Å²) in [7, 11) is 6.36. The van der Waals surface area contributed by atoms with Crippen molar-refractivity contribution in [2.75, 3.05) is 48.1 Å². The third kappa shape index (κ3) is 3.79. The Balaban J connectivity index is 1.50. The monoisotopic (exact) mass is 651 g/mol. The van der Waals surface area contributed by atoms with E-state index in [9.17, 15) is 24.9 Å². The molecule has 7 bridgehead atoms. The van der Waals surface area contributed by atoms with Crippen molar-refractivity contribution >= 4 is 11.9 Å². The molecule has 8 unspecified atom stereocenters. The zero-order valence-corrected chi connectivity index (χ0v) is 28.1. The Kier molecular flexibility index (Phi) is 8.16. The molecule has 6 saturated carbocycles. The summed E-state index contributed by atoms with van der Waals surface area (Å²) in [5.41, 5.74) is -4.90. The number of aliphatic hydroxyl groups is 3. The van der Waals surface area contributed by atoms with Gasteiger partial charge in [-0.3, -0.25) is 14.5 Å². The summed E-state index contributed by atoms with van der Waals surface area (Å²) in [6, 6.07) is -0.308. The van der Waals surface area contributed by atoms with Gasteiger partial charge in [-0.2, -0.15) is 0 Å². The lowest BCUT2D eigenvalue weighted by Gasteiger charge is -2.70. The fourth-order valence-electron chi connectivity index (χ4n) is 13.1. The van der Waals surface area contributed by atoms with Crippen LogP contribution in [0.5, 0.6) is 0 Å². The first-order valence-corrected chi connectivity index (χ1v) is 17.3. The SMILES string of the molecule is CCN1CC2(COC)C3C(OC)C4C1C3(C1C[C@@]3(O)[C@H](OC(=O)C5CCCCC5)[C@@H]1[C@]4(OC(C)=O)C(O)[C@@H]3OC)[C@@H](OC)C[C@H]2O. The first-order valence-electron chi connectivity index (χ1n) is 17.3. The van der Waals surface area contributed by atoms with Gasteiger partial charge in [0, 0.05) is 83.0 Å². The number of carbonyl (C=O) groups excluding carboxylic acids is 2. The molecule has 3 N–H and O–H groups in total. The van der Waals surface area contributed by atoms with Crippen LogP contribution in [0.2, 0.25) is 0 Å². The summed E-state index contributed by atoms with van der Waals surface area (Å²) >= 11 is 0. The van der Waals surface area contributed by atoms with Gasteiger partial charge in [-0.15, -0.1) is 0 Å². The quantitative estimate of drug-likeness (QED) is 0.304. The molecule has 15 atom stereocenters. The first-order chi connectivity index (χ1) is 22.0. The van der Waals surface area contributed by atoms with E-state index in [-0.39, 0.29) is 36.9 Å². The van der Waals surface area contributed by atoms with Crippen molar-refractivity contribution in [2.24, 2.45) is 40.4 Å². The molecule has 0 aromatic rings. The zero-order valence-electron chi connectivity index (χ0n) is 28.1. The Labute approximate surface area is 271 Å². The number of rotatable bonds is 9. The number of hydrogen-bond donors (Lipinski definition) is 3. The third-order valence-electron chi connectivity index (χ3n) is 14.1. The highest BCUT2D eigenvalue weighted by Crippen LogP contribution is 2.80. The lowest BCUT2D eigenvalue weighted by molar-refractivity contribution is -0.324. The minimum absolute atomic E-state index is 0.131. The zero-order chi connectivity index (χ0) is 33.0. The molecule has 0 radical (unpaired) electrons. The number of piperidine rings is 1. The first kappa shape index (κ1) is 33.1. The Morgan fingerprint density at radius 3 is 2.26 bits per heavy atom. The van der Waals surface area contributed by atoms with Crippen LogP contribution >= 0.6 is 0 Å². The van der Waals surface area contributed by atoms with E-state index in [1.807, 2.05) is 0 Å². The van der Waals surface area contributed by atoms with Crippen LogP contribution in [0.1, 0.15) is 58.8 Å². The van der Waals surface area contributed by atoms with Gasteiger partial charge in [-0.25, -0.2) is 0 Å². The molecule has 7 aliphatic rings. The van der Waals surface area contributed by atoms with Gasteiger partial charge in [0.1, 0.15) is 23.9 Å². The number of hydrogen-bond acceptors (Lipinski definition) is 12. The highest BCUT2D eigenvalue weighted by molar-refractivity contribution is 5.73. The van der Waals surface area contributed by atoms with Crippen molar-refractivity contribution in [3.63, 3.8) is 0 Å². The number of nitrogens with zero attached hydrogens (tertiary/aromatic N) is 1. The van der Waals surface area contributed by atoms with E-state index in [4.69, 9.17) is 28.4 Å². The molecule has 12 heteroatoms. The van der Waals surface area contributed by atoms with Crippen molar-refractivity contribution in [2.45, 2.75) is 113 Å². The van der Waals surface area contributed by atoms with Crippen LogP contribution in [0.25, 0.3) is 0 Å². The van der Waals surface area contributed by atoms with E-state index < -0.39 is 82.4 Å². The second-order valence-corrected chi connectivity index (χ2v) is 15.4. The molecule has 7 fully saturated rings. The van der Waals surface area contributed by atoms with Gasteiger partial charge in [0.2, 0.25) is 0 Å². The second kappa shape index (κ2) is 11.3. The van der Waals surface area contributed by atoms with Gasteiger partial charge in [0.25, 0.3) is 0 Å². The number of methoxy groups -OCH3 is 4. The summed E-state index contributed by atoms with van der Waals surface area (Å²) in [4.78, 5) is 29.5. The van der Waals surface area contributed by atoms with Crippen molar-refractivity contribution in [1.82, 2.24) is 4.90 Å². The summed E-state index contributed by atoms with van der Waals surface area (Å²) < 4.78 is 37.7. The van der Waals surface area contributed by atoms with Gasteiger partial charge >= 0.3 is 11.9 Å². The largest absolute Gasteiger partial charge is 0.458 e. The Morgan fingerprint density at radius 1 is 0.957 bits per heavy atom. The van der Waals surface area contributed by atoms with E-state index >= 15 is 0 Å². The van der Waals surface area contributed by atoms with Crippen molar-refractivity contribution in [3.05, 3.63) is 0 Å². The minimum Gasteiger partial charge on any atom is -0.458 e. The second-order valence-electron chi connectivity index (χ2n) is 15.4.